The van der Waals surface area contributed by atoms with Crippen molar-refractivity contribution in [2.24, 2.45) is 0 Å². The Bertz CT molecular complexity index is 1660. The van der Waals surface area contributed by atoms with Gasteiger partial charge in [-0.25, -0.2) is 4.98 Å². The smallest absolute Gasteiger partial charge is 0.416 e. The molecule has 3 aromatic carbocycles. The van der Waals surface area contributed by atoms with Gasteiger partial charge in [0.15, 0.2) is 4.90 Å². The lowest BCUT2D eigenvalue weighted by atomic mass is 9.81. The third kappa shape index (κ3) is 6.71. The van der Waals surface area contributed by atoms with Crippen LogP contribution in [0.25, 0.3) is 11.1 Å². The van der Waals surface area contributed by atoms with Gasteiger partial charge in [0.25, 0.3) is 5.03 Å². The molecule has 5 nitrogen and oxygen atoms in total. The minimum absolute atomic E-state index is 0.0230. The number of nitrogens with zero attached hydrogens (tertiary/aromatic N) is 2. The summed E-state index contributed by atoms with van der Waals surface area (Å²) in [5, 5.41) is 0.160. The van der Waals surface area contributed by atoms with E-state index in [-0.39, 0.29) is 16.8 Å². The van der Waals surface area contributed by atoms with Crippen molar-refractivity contribution >= 4 is 22.8 Å². The highest BCUT2D eigenvalue weighted by Gasteiger charge is 2.41. The number of rotatable bonds is 7. The fraction of sp³-hybridized carbons (Fsp3) is 0.250. The number of likely N-dealkylation sites (N-methyl/N-ethyl adjacent to an activating group) is 1. The van der Waals surface area contributed by atoms with Crippen LogP contribution < -0.4 is 9.64 Å². The molecule has 1 unspecified atom stereocenters. The summed E-state index contributed by atoms with van der Waals surface area (Å²) in [6, 6.07) is 16.5. The van der Waals surface area contributed by atoms with Crippen LogP contribution in [0, 0.1) is 6.92 Å². The monoisotopic (exact) mass is 634 g/mol. The van der Waals surface area contributed by atoms with Crippen LogP contribution >= 0.6 is 0 Å². The standard InChI is InChI=1S/C32H28F6N2O3S/c1-19-9-6-7-12-25(19)26-17-28(44(42)24-11-8-10-23(16-24)43-5)39-18-27(26)40(4)29(41)30(2,3)20-13-21(31(33,34)35)15-22(14-20)32(36,37)38/h6-18H,1-5H3. The summed E-state index contributed by atoms with van der Waals surface area (Å²) in [4.78, 5) is 19.8. The molecule has 1 atom stereocenters. The van der Waals surface area contributed by atoms with E-state index in [0.29, 0.717) is 33.9 Å². The van der Waals surface area contributed by atoms with Crippen molar-refractivity contribution < 1.29 is 40.4 Å². The maximum absolute atomic E-state index is 13.9. The van der Waals surface area contributed by atoms with E-state index in [1.54, 1.807) is 48.5 Å². The fourth-order valence-corrected chi connectivity index (χ4v) is 5.73. The van der Waals surface area contributed by atoms with Gasteiger partial charge in [-0.2, -0.15) is 26.3 Å². The first-order valence-corrected chi connectivity index (χ1v) is 14.3. The minimum atomic E-state index is -5.07. The zero-order valence-electron chi connectivity index (χ0n) is 24.3. The minimum Gasteiger partial charge on any atom is -0.605 e. The number of halogens is 6. The molecule has 0 saturated carbocycles. The van der Waals surface area contributed by atoms with Gasteiger partial charge in [-0.3, -0.25) is 4.79 Å². The maximum atomic E-state index is 13.9. The quantitative estimate of drug-likeness (QED) is 0.152. The second kappa shape index (κ2) is 12.2. The zero-order valence-corrected chi connectivity index (χ0v) is 25.1. The van der Waals surface area contributed by atoms with Crippen molar-refractivity contribution in [3.05, 3.63) is 101 Å². The number of benzene rings is 3. The Balaban J connectivity index is 1.83. The lowest BCUT2D eigenvalue weighted by Crippen LogP contribution is -2.42. The molecule has 1 heterocycles. The van der Waals surface area contributed by atoms with Gasteiger partial charge in [-0.05, 0) is 67.8 Å². The number of alkyl halides is 6. The van der Waals surface area contributed by atoms with E-state index in [1.807, 2.05) is 13.0 Å². The molecule has 0 aliphatic heterocycles. The summed E-state index contributed by atoms with van der Waals surface area (Å²) in [7, 11) is 2.84. The Morgan fingerprint density at radius 1 is 0.841 bits per heavy atom. The van der Waals surface area contributed by atoms with Gasteiger partial charge < -0.3 is 14.2 Å². The predicted octanol–water partition coefficient (Wildman–Crippen LogP) is 8.21. The third-order valence-corrected chi connectivity index (χ3v) is 8.53. The van der Waals surface area contributed by atoms with Gasteiger partial charge >= 0.3 is 12.4 Å². The summed E-state index contributed by atoms with van der Waals surface area (Å²) >= 11 is -1.76. The van der Waals surface area contributed by atoms with Gasteiger partial charge in [0.2, 0.25) is 5.91 Å². The van der Waals surface area contributed by atoms with E-state index in [1.165, 1.54) is 34.2 Å². The highest BCUT2D eigenvalue weighted by Crippen LogP contribution is 2.41. The van der Waals surface area contributed by atoms with Gasteiger partial charge in [0, 0.05) is 35.9 Å². The predicted molar refractivity (Wildman–Crippen MR) is 155 cm³/mol. The molecule has 4 aromatic rings. The number of aromatic nitrogens is 1. The average Bonchev–Trinajstić information content (AvgIpc) is 2.98. The molecule has 1 amide bonds. The Kier molecular flexibility index (Phi) is 9.09. The number of methoxy groups -OCH3 is 1. The molecule has 12 heteroatoms. The molecule has 0 saturated heterocycles. The van der Waals surface area contributed by atoms with Crippen molar-refractivity contribution in [1.29, 1.82) is 0 Å². The number of amides is 1. The first-order valence-electron chi connectivity index (χ1n) is 13.1. The molecule has 0 aliphatic carbocycles. The number of pyridine rings is 1. The van der Waals surface area contributed by atoms with Crippen LogP contribution in [0.1, 0.15) is 36.1 Å². The number of hydrogen-bond acceptors (Lipinski definition) is 4. The molecule has 0 N–H and O–H groups in total. The summed E-state index contributed by atoms with van der Waals surface area (Å²) < 4.78 is 100. The Morgan fingerprint density at radius 2 is 1.43 bits per heavy atom. The van der Waals surface area contributed by atoms with Crippen molar-refractivity contribution in [1.82, 2.24) is 4.98 Å². The maximum Gasteiger partial charge on any atom is 0.416 e. The molecule has 0 aliphatic rings. The van der Waals surface area contributed by atoms with Crippen LogP contribution in [0.2, 0.25) is 0 Å². The van der Waals surface area contributed by atoms with Crippen molar-refractivity contribution in [3.63, 3.8) is 0 Å². The van der Waals surface area contributed by atoms with E-state index in [0.717, 1.165) is 10.5 Å². The lowest BCUT2D eigenvalue weighted by molar-refractivity contribution is -0.143. The van der Waals surface area contributed by atoms with Crippen LogP contribution in [0.4, 0.5) is 32.0 Å². The zero-order chi connectivity index (χ0) is 32.6. The van der Waals surface area contributed by atoms with Gasteiger partial charge in [-0.15, -0.1) is 0 Å². The number of hydrogen-bond donors (Lipinski definition) is 0. The van der Waals surface area contributed by atoms with Crippen LogP contribution in [0.5, 0.6) is 5.75 Å². The van der Waals surface area contributed by atoms with Crippen molar-refractivity contribution in [2.75, 3.05) is 19.1 Å². The lowest BCUT2D eigenvalue weighted by Gasteiger charge is -2.32. The largest absolute Gasteiger partial charge is 0.605 e. The SMILES string of the molecule is COc1cccc([S+]([O-])c2cc(-c3ccccc3C)c(N(C)C(=O)C(C)(C)c3cc(C(F)(F)F)cc(C(F)(F)F)c3)cn2)c1. The molecule has 0 fully saturated rings. The third-order valence-electron chi connectivity index (χ3n) is 7.25. The number of carbonyl (C=O) groups is 1. The summed E-state index contributed by atoms with van der Waals surface area (Å²) in [5.41, 5.74) is -3.22. The van der Waals surface area contributed by atoms with E-state index in [4.69, 9.17) is 4.74 Å². The molecule has 0 bridgehead atoms. The van der Waals surface area contributed by atoms with Gasteiger partial charge in [-0.1, -0.05) is 30.3 Å². The molecule has 44 heavy (non-hydrogen) atoms. The normalized spacial score (nSPS) is 13.0. The first-order chi connectivity index (χ1) is 20.4. The van der Waals surface area contributed by atoms with Crippen LogP contribution in [0.3, 0.4) is 0 Å². The number of anilines is 1. The molecule has 232 valence electrons. The average molecular weight is 635 g/mol. The number of aryl methyl sites for hydroxylation is 1. The van der Waals surface area contributed by atoms with Crippen LogP contribution in [-0.2, 0) is 33.7 Å². The van der Waals surface area contributed by atoms with Crippen molar-refractivity contribution in [2.45, 2.75) is 48.5 Å². The van der Waals surface area contributed by atoms with Gasteiger partial charge in [0.05, 0.1) is 35.5 Å². The molecule has 0 spiro atoms. The van der Waals surface area contributed by atoms with Crippen molar-refractivity contribution in [3.8, 4) is 16.9 Å². The van der Waals surface area contributed by atoms with Crippen LogP contribution in [-0.4, -0.2) is 29.6 Å². The van der Waals surface area contributed by atoms with Crippen LogP contribution in [0.15, 0.2) is 88.9 Å². The molecule has 1 aromatic heterocycles. The second-order valence-electron chi connectivity index (χ2n) is 10.6. The molecule has 0 radical (unpaired) electrons. The fourth-order valence-electron chi connectivity index (χ4n) is 4.69. The number of ether oxygens (including phenoxy) is 1. The van der Waals surface area contributed by atoms with E-state index < -0.39 is 51.5 Å². The Morgan fingerprint density at radius 3 is 2.00 bits per heavy atom. The molecule has 4 rings (SSSR count). The van der Waals surface area contributed by atoms with Gasteiger partial charge in [0.1, 0.15) is 5.75 Å². The van der Waals surface area contributed by atoms with E-state index in [2.05, 4.69) is 4.98 Å². The number of carbonyl (C=O) groups excluding carboxylic acids is 1. The topological polar surface area (TPSA) is 65.5 Å². The van der Waals surface area contributed by atoms with E-state index in [9.17, 15) is 35.7 Å². The van der Waals surface area contributed by atoms with E-state index >= 15 is 0 Å². The molecular weight excluding hydrogens is 606 g/mol. The second-order valence-corrected chi connectivity index (χ2v) is 12.0. The highest BCUT2D eigenvalue weighted by atomic mass is 32.2. The summed E-state index contributed by atoms with van der Waals surface area (Å²) in [6.45, 7) is 4.34. The summed E-state index contributed by atoms with van der Waals surface area (Å²) in [6.07, 6.45) is -8.83. The highest BCUT2D eigenvalue weighted by molar-refractivity contribution is 7.91. The first kappa shape index (κ1) is 32.9. The summed E-state index contributed by atoms with van der Waals surface area (Å²) in [5.74, 6) is -0.300. The Hall–Kier alpha value is -4.03. The molecular formula is C32H28F6N2O3S. The Labute approximate surface area is 253 Å².